The number of carbonyl (C=O) groups is 2. The molecule has 4 nitrogen and oxygen atoms in total. The Labute approximate surface area is 176 Å². The number of hydrogen-bond donors (Lipinski definition) is 0. The summed E-state index contributed by atoms with van der Waals surface area (Å²) in [6.07, 6.45) is 11.8. The van der Waals surface area contributed by atoms with E-state index in [1.165, 1.54) is 38.5 Å². The Kier molecular flexibility index (Phi) is 5.76. The number of carbonyl (C=O) groups excluding carboxylic acids is 2. The summed E-state index contributed by atoms with van der Waals surface area (Å²) in [6.45, 7) is 8.72. The topological polar surface area (TPSA) is 52.6 Å². The Bertz CT molecular complexity index is 645. The van der Waals surface area contributed by atoms with Gasteiger partial charge < -0.3 is 9.47 Å². The van der Waals surface area contributed by atoms with Crippen molar-refractivity contribution in [3.63, 3.8) is 0 Å². The molecule has 0 amide bonds. The molecule has 0 aromatic heterocycles. The average molecular weight is 405 g/mol. The van der Waals surface area contributed by atoms with Crippen LogP contribution in [0.25, 0.3) is 0 Å². The summed E-state index contributed by atoms with van der Waals surface area (Å²) in [5.74, 6) is 2.86. The minimum absolute atomic E-state index is 0.0328. The van der Waals surface area contributed by atoms with Crippen molar-refractivity contribution in [2.45, 2.75) is 111 Å². The van der Waals surface area contributed by atoms with Gasteiger partial charge in [-0.25, -0.2) is 0 Å². The van der Waals surface area contributed by atoms with E-state index in [0.717, 1.165) is 31.1 Å². The molecule has 0 spiro atoms. The molecule has 0 saturated heterocycles. The largest absolute Gasteiger partial charge is 0.462 e. The summed E-state index contributed by atoms with van der Waals surface area (Å²) in [5.41, 5.74) is 0.556. The smallest absolute Gasteiger partial charge is 0.305 e. The van der Waals surface area contributed by atoms with Crippen LogP contribution in [0.2, 0.25) is 0 Å². The number of fused-ring (bicyclic) bond motifs is 5. The van der Waals surface area contributed by atoms with Crippen molar-refractivity contribution >= 4 is 11.9 Å². The zero-order valence-corrected chi connectivity index (χ0v) is 18.9. The van der Waals surface area contributed by atoms with Gasteiger partial charge in [-0.1, -0.05) is 27.7 Å². The van der Waals surface area contributed by atoms with E-state index in [4.69, 9.17) is 9.47 Å². The Morgan fingerprint density at radius 3 is 2.17 bits per heavy atom. The highest BCUT2D eigenvalue weighted by Crippen LogP contribution is 2.66. The van der Waals surface area contributed by atoms with E-state index >= 15 is 0 Å². The van der Waals surface area contributed by atoms with Crippen LogP contribution in [-0.4, -0.2) is 24.1 Å². The summed E-state index contributed by atoms with van der Waals surface area (Å²) in [5, 5.41) is 0. The van der Waals surface area contributed by atoms with Gasteiger partial charge in [0, 0.05) is 18.3 Å². The van der Waals surface area contributed by atoms with Crippen molar-refractivity contribution in [1.82, 2.24) is 0 Å². The molecule has 4 heteroatoms. The van der Waals surface area contributed by atoms with Crippen LogP contribution in [-0.2, 0) is 19.1 Å². The standard InChI is InChI=1S/C25H40O4/c1-5-22(26)28-17-11-13-24(3)16(15-17)7-8-18-19-9-10-21(29-23(27)6-2)25(19,4)14-12-20(18)24/h16-21H,5-15H2,1-4H3/t16-,17+,18+,19+,20+,21+,24+,25+/m1/s1. The average Bonchev–Trinajstić information content (AvgIpc) is 3.04. The lowest BCUT2D eigenvalue weighted by atomic mass is 9.45. The Morgan fingerprint density at radius 1 is 0.793 bits per heavy atom. The van der Waals surface area contributed by atoms with Gasteiger partial charge in [0.05, 0.1) is 0 Å². The number of hydrogen-bond acceptors (Lipinski definition) is 4. The summed E-state index contributed by atoms with van der Waals surface area (Å²) in [6, 6.07) is 0. The molecular weight excluding hydrogens is 364 g/mol. The highest BCUT2D eigenvalue weighted by atomic mass is 16.5. The molecule has 0 bridgehead atoms. The second-order valence-electron chi connectivity index (χ2n) is 10.9. The van der Waals surface area contributed by atoms with Gasteiger partial charge in [-0.15, -0.1) is 0 Å². The highest BCUT2D eigenvalue weighted by Gasteiger charge is 2.61. The monoisotopic (exact) mass is 404 g/mol. The van der Waals surface area contributed by atoms with Gasteiger partial charge >= 0.3 is 11.9 Å². The number of rotatable bonds is 4. The Hall–Kier alpha value is -1.06. The predicted molar refractivity (Wildman–Crippen MR) is 112 cm³/mol. The predicted octanol–water partition coefficient (Wildman–Crippen LogP) is 5.67. The van der Waals surface area contributed by atoms with Gasteiger partial charge in [-0.05, 0) is 86.9 Å². The van der Waals surface area contributed by atoms with E-state index in [9.17, 15) is 9.59 Å². The highest BCUT2D eigenvalue weighted by molar-refractivity contribution is 5.69. The molecule has 0 aliphatic heterocycles. The third-order valence-corrected chi connectivity index (χ3v) is 9.68. The Morgan fingerprint density at radius 2 is 1.45 bits per heavy atom. The first-order chi connectivity index (χ1) is 13.8. The summed E-state index contributed by atoms with van der Waals surface area (Å²) in [4.78, 5) is 23.8. The first kappa shape index (κ1) is 21.2. The lowest BCUT2D eigenvalue weighted by Crippen LogP contribution is -2.54. The van der Waals surface area contributed by atoms with Crippen molar-refractivity contribution in [2.24, 2.45) is 34.5 Å². The van der Waals surface area contributed by atoms with Gasteiger partial charge in [-0.3, -0.25) is 9.59 Å². The van der Waals surface area contributed by atoms with E-state index in [0.29, 0.717) is 30.1 Å². The SMILES string of the molecule is CCC(=O)O[C@H]1CC[C@@]2(C)[C@H](CC[C@@H]3[C@@H]2CC[C@]2(C)[C@@H](OC(=O)CC)CC[C@@H]32)C1. The molecule has 0 N–H and O–H groups in total. The first-order valence-electron chi connectivity index (χ1n) is 12.2. The lowest BCUT2D eigenvalue weighted by molar-refractivity contribution is -0.169. The fraction of sp³-hybridized carbons (Fsp3) is 0.920. The zero-order valence-electron chi connectivity index (χ0n) is 18.9. The van der Waals surface area contributed by atoms with Crippen molar-refractivity contribution in [3.8, 4) is 0 Å². The van der Waals surface area contributed by atoms with Crippen molar-refractivity contribution < 1.29 is 19.1 Å². The second-order valence-corrected chi connectivity index (χ2v) is 10.9. The molecule has 164 valence electrons. The maximum atomic E-state index is 12.0. The Balaban J connectivity index is 1.47. The van der Waals surface area contributed by atoms with Crippen molar-refractivity contribution in [2.75, 3.05) is 0 Å². The summed E-state index contributed by atoms with van der Waals surface area (Å²) in [7, 11) is 0. The van der Waals surface area contributed by atoms with Gasteiger partial charge in [0.25, 0.3) is 0 Å². The molecule has 0 heterocycles. The van der Waals surface area contributed by atoms with Gasteiger partial charge in [0.15, 0.2) is 0 Å². The molecule has 4 aliphatic carbocycles. The van der Waals surface area contributed by atoms with Crippen molar-refractivity contribution in [1.29, 1.82) is 0 Å². The number of ether oxygens (including phenoxy) is 2. The molecule has 0 unspecified atom stereocenters. The van der Waals surface area contributed by atoms with Crippen LogP contribution < -0.4 is 0 Å². The summed E-state index contributed by atoms with van der Waals surface area (Å²) >= 11 is 0. The van der Waals surface area contributed by atoms with Crippen LogP contribution in [0.3, 0.4) is 0 Å². The molecular formula is C25H40O4. The zero-order chi connectivity index (χ0) is 20.8. The lowest BCUT2D eigenvalue weighted by Gasteiger charge is -2.60. The second kappa shape index (κ2) is 7.89. The molecule has 4 rings (SSSR count). The summed E-state index contributed by atoms with van der Waals surface area (Å²) < 4.78 is 11.6. The molecule has 8 atom stereocenters. The van der Waals surface area contributed by atoms with E-state index in [-0.39, 0.29) is 29.6 Å². The van der Waals surface area contributed by atoms with Crippen LogP contribution in [0, 0.1) is 34.5 Å². The van der Waals surface area contributed by atoms with Crippen LogP contribution in [0.1, 0.15) is 98.3 Å². The van der Waals surface area contributed by atoms with Gasteiger partial charge in [-0.2, -0.15) is 0 Å². The molecule has 4 aliphatic rings. The third-order valence-electron chi connectivity index (χ3n) is 9.68. The van der Waals surface area contributed by atoms with Crippen LogP contribution in [0.5, 0.6) is 0 Å². The van der Waals surface area contributed by atoms with Crippen molar-refractivity contribution in [3.05, 3.63) is 0 Å². The minimum Gasteiger partial charge on any atom is -0.462 e. The minimum atomic E-state index is -0.0423. The fourth-order valence-corrected chi connectivity index (χ4v) is 7.98. The molecule has 29 heavy (non-hydrogen) atoms. The van der Waals surface area contributed by atoms with Crippen LogP contribution in [0.15, 0.2) is 0 Å². The normalized spacial score (nSPS) is 46.2. The van der Waals surface area contributed by atoms with Crippen LogP contribution >= 0.6 is 0 Å². The third kappa shape index (κ3) is 3.53. The van der Waals surface area contributed by atoms with Crippen LogP contribution in [0.4, 0.5) is 0 Å². The molecule has 4 saturated carbocycles. The van der Waals surface area contributed by atoms with Gasteiger partial charge in [0.2, 0.25) is 0 Å². The van der Waals surface area contributed by atoms with E-state index in [1.54, 1.807) is 0 Å². The number of esters is 2. The van der Waals surface area contributed by atoms with E-state index in [2.05, 4.69) is 13.8 Å². The molecule has 4 fully saturated rings. The van der Waals surface area contributed by atoms with Gasteiger partial charge in [0.1, 0.15) is 12.2 Å². The molecule has 0 radical (unpaired) electrons. The van der Waals surface area contributed by atoms with E-state index < -0.39 is 0 Å². The maximum absolute atomic E-state index is 12.0. The fourth-order valence-electron chi connectivity index (χ4n) is 7.98. The molecule has 0 aromatic carbocycles. The molecule has 0 aromatic rings. The maximum Gasteiger partial charge on any atom is 0.305 e. The van der Waals surface area contributed by atoms with E-state index in [1.807, 2.05) is 13.8 Å². The first-order valence-corrected chi connectivity index (χ1v) is 12.2. The quantitative estimate of drug-likeness (QED) is 0.566.